The molecule has 2 atom stereocenters. The second-order valence-electron chi connectivity index (χ2n) is 11.9. The molecule has 2 aliphatic carbocycles. The van der Waals surface area contributed by atoms with Crippen LogP contribution in [0.4, 0.5) is 28.9 Å². The Hall–Kier alpha value is -4.76. The molecule has 0 radical (unpaired) electrons. The first-order valence-electron chi connectivity index (χ1n) is 14.8. The number of anilines is 2. The summed E-state index contributed by atoms with van der Waals surface area (Å²) in [5, 5.41) is 25.9. The van der Waals surface area contributed by atoms with Gasteiger partial charge in [-0.3, -0.25) is 4.98 Å². The number of hydrogen-bond donors (Lipinski definition) is 2. The van der Waals surface area contributed by atoms with Gasteiger partial charge in [-0.25, -0.2) is 9.67 Å². The van der Waals surface area contributed by atoms with Gasteiger partial charge in [0.1, 0.15) is 11.8 Å². The van der Waals surface area contributed by atoms with Gasteiger partial charge in [-0.05, 0) is 62.3 Å². The Balaban J connectivity index is 1.32. The summed E-state index contributed by atoms with van der Waals surface area (Å²) in [4.78, 5) is 8.40. The molecule has 8 nitrogen and oxygen atoms in total. The van der Waals surface area contributed by atoms with Crippen molar-refractivity contribution in [1.82, 2.24) is 25.0 Å². The number of halogens is 5. The average molecular weight is 647 g/mol. The molecule has 0 aliphatic heterocycles. The van der Waals surface area contributed by atoms with Crippen molar-refractivity contribution in [1.29, 1.82) is 5.26 Å². The Morgan fingerprint density at radius 2 is 1.85 bits per heavy atom. The molecule has 234 valence electrons. The summed E-state index contributed by atoms with van der Waals surface area (Å²) in [6.45, 7) is 1.61. The average Bonchev–Trinajstić information content (AvgIpc) is 3.97. The number of nitriles is 1. The minimum absolute atomic E-state index is 0.0478. The zero-order valence-corrected chi connectivity index (χ0v) is 25.2. The van der Waals surface area contributed by atoms with E-state index in [-0.39, 0.29) is 24.6 Å². The maximum absolute atomic E-state index is 14.0. The predicted octanol–water partition coefficient (Wildman–Crippen LogP) is 8.01. The first-order valence-corrected chi connectivity index (χ1v) is 15.2. The highest BCUT2D eigenvalue weighted by Gasteiger charge is 2.66. The topological polar surface area (TPSA) is 104 Å². The summed E-state index contributed by atoms with van der Waals surface area (Å²) in [6, 6.07) is 17.4. The highest BCUT2D eigenvalue weighted by atomic mass is 35.5. The molecule has 0 amide bonds. The van der Waals surface area contributed by atoms with Gasteiger partial charge in [-0.1, -0.05) is 53.2 Å². The number of nitrogens with one attached hydrogen (secondary N) is 2. The molecular weight excluding hydrogens is 620 g/mol. The third kappa shape index (κ3) is 5.38. The number of nitrogens with zero attached hydrogens (tertiary/aromatic N) is 6. The van der Waals surface area contributed by atoms with E-state index >= 15 is 0 Å². The van der Waals surface area contributed by atoms with Crippen molar-refractivity contribution < 1.29 is 17.6 Å². The number of alkyl halides is 3. The van der Waals surface area contributed by atoms with Crippen molar-refractivity contribution in [2.24, 2.45) is 5.92 Å². The number of aromatic nitrogens is 5. The fraction of sp³-hybridized carbons (Fsp3) is 0.303. The summed E-state index contributed by atoms with van der Waals surface area (Å²) < 4.78 is 56.6. The van der Waals surface area contributed by atoms with E-state index in [1.165, 1.54) is 24.5 Å². The van der Waals surface area contributed by atoms with E-state index in [0.29, 0.717) is 50.0 Å². The second-order valence-corrected chi connectivity index (χ2v) is 12.3. The molecule has 0 bridgehead atoms. The van der Waals surface area contributed by atoms with Crippen LogP contribution in [-0.4, -0.2) is 31.1 Å². The summed E-state index contributed by atoms with van der Waals surface area (Å²) in [5.41, 5.74) is 1.84. The standard InChI is InChI=1S/C33H27ClF4N8/c1-18-23(9-10-27(35)41-18)31(26-17-46(45-44-26)32(11-12-32)33(36,37)38)42-22-13-24-29(21(15-39)16-40-30(24)25(34)14-22)43-28(20-7-8-20)19-5-3-2-4-6-19/h2-6,9-10,13-14,16-17,20,28,31,42H,7-8,11-12H2,1H3,(H,40,43)/t28-,31-/m0/s1. The van der Waals surface area contributed by atoms with Crippen LogP contribution in [0.5, 0.6) is 0 Å². The van der Waals surface area contributed by atoms with E-state index in [1.807, 2.05) is 30.3 Å². The molecule has 0 unspecified atom stereocenters. The predicted molar refractivity (Wildman–Crippen MR) is 165 cm³/mol. The first-order chi connectivity index (χ1) is 22.1. The van der Waals surface area contributed by atoms with Gasteiger partial charge in [0.2, 0.25) is 5.95 Å². The van der Waals surface area contributed by atoms with Crippen LogP contribution in [-0.2, 0) is 5.54 Å². The Morgan fingerprint density at radius 3 is 2.50 bits per heavy atom. The first kappa shape index (κ1) is 29.9. The van der Waals surface area contributed by atoms with Crippen molar-refractivity contribution in [3.05, 3.63) is 106 Å². The second kappa shape index (κ2) is 11.2. The van der Waals surface area contributed by atoms with Gasteiger partial charge >= 0.3 is 6.18 Å². The maximum atomic E-state index is 14.0. The number of pyridine rings is 2. The zero-order valence-electron chi connectivity index (χ0n) is 24.5. The monoisotopic (exact) mass is 646 g/mol. The van der Waals surface area contributed by atoms with Gasteiger partial charge in [-0.2, -0.15) is 22.8 Å². The molecular formula is C33H27ClF4N8. The molecule has 7 rings (SSSR count). The van der Waals surface area contributed by atoms with Crippen LogP contribution in [0.25, 0.3) is 10.9 Å². The van der Waals surface area contributed by atoms with Gasteiger partial charge in [0.15, 0.2) is 5.54 Å². The van der Waals surface area contributed by atoms with Gasteiger partial charge in [0.05, 0.1) is 40.1 Å². The van der Waals surface area contributed by atoms with Crippen molar-refractivity contribution in [2.75, 3.05) is 10.6 Å². The summed E-state index contributed by atoms with van der Waals surface area (Å²) >= 11 is 6.78. The third-order valence-electron chi connectivity index (χ3n) is 8.81. The minimum Gasteiger partial charge on any atom is -0.376 e. The van der Waals surface area contributed by atoms with Gasteiger partial charge < -0.3 is 10.6 Å². The number of fused-ring (bicyclic) bond motifs is 1. The molecule has 0 spiro atoms. The van der Waals surface area contributed by atoms with Crippen LogP contribution in [0.1, 0.15) is 65.8 Å². The lowest BCUT2D eigenvalue weighted by molar-refractivity contribution is -0.182. The molecule has 2 N–H and O–H groups in total. The zero-order chi connectivity index (χ0) is 32.2. The van der Waals surface area contributed by atoms with E-state index < -0.39 is 23.7 Å². The molecule has 3 heterocycles. The van der Waals surface area contributed by atoms with E-state index in [9.17, 15) is 22.8 Å². The van der Waals surface area contributed by atoms with Gasteiger partial charge in [0, 0.05) is 28.5 Å². The van der Waals surface area contributed by atoms with E-state index in [2.05, 4.69) is 37.0 Å². The molecule has 46 heavy (non-hydrogen) atoms. The van der Waals surface area contributed by atoms with Crippen LogP contribution >= 0.6 is 11.6 Å². The van der Waals surface area contributed by atoms with E-state index in [1.54, 1.807) is 19.1 Å². The smallest absolute Gasteiger partial charge is 0.376 e. The van der Waals surface area contributed by atoms with Crippen molar-refractivity contribution in [3.63, 3.8) is 0 Å². The molecule has 2 fully saturated rings. The normalized spacial score (nSPS) is 16.9. The van der Waals surface area contributed by atoms with Crippen molar-refractivity contribution >= 4 is 33.9 Å². The molecule has 5 aromatic rings. The number of aryl methyl sites for hydroxylation is 1. The molecule has 13 heteroatoms. The fourth-order valence-corrected chi connectivity index (χ4v) is 6.27. The molecule has 2 aromatic carbocycles. The van der Waals surface area contributed by atoms with Crippen LogP contribution in [0.2, 0.25) is 5.02 Å². The van der Waals surface area contributed by atoms with Crippen LogP contribution in [0.15, 0.2) is 67.0 Å². The van der Waals surface area contributed by atoms with E-state index in [0.717, 1.165) is 23.1 Å². The van der Waals surface area contributed by atoms with Crippen molar-refractivity contribution in [2.45, 2.75) is 56.4 Å². The van der Waals surface area contributed by atoms with Crippen LogP contribution in [0.3, 0.4) is 0 Å². The highest BCUT2D eigenvalue weighted by Crippen LogP contribution is 2.55. The lowest BCUT2D eigenvalue weighted by Gasteiger charge is -2.23. The molecule has 3 aromatic heterocycles. The Kier molecular flexibility index (Phi) is 7.31. The van der Waals surface area contributed by atoms with Crippen LogP contribution in [0, 0.1) is 30.1 Å². The number of hydrogen-bond acceptors (Lipinski definition) is 7. The minimum atomic E-state index is -4.49. The largest absolute Gasteiger partial charge is 0.413 e. The van der Waals surface area contributed by atoms with Crippen molar-refractivity contribution in [3.8, 4) is 6.07 Å². The Bertz CT molecular complexity index is 1980. The lowest BCUT2D eigenvalue weighted by Crippen LogP contribution is -2.35. The van der Waals surface area contributed by atoms with Gasteiger partial charge in [0.25, 0.3) is 0 Å². The van der Waals surface area contributed by atoms with Crippen LogP contribution < -0.4 is 10.6 Å². The quantitative estimate of drug-likeness (QED) is 0.123. The number of rotatable bonds is 9. The Morgan fingerprint density at radius 1 is 1.09 bits per heavy atom. The summed E-state index contributed by atoms with van der Waals surface area (Å²) in [5.74, 6) is -0.304. The van der Waals surface area contributed by atoms with Gasteiger partial charge in [-0.15, -0.1) is 5.10 Å². The molecule has 2 aliphatic rings. The molecule has 0 saturated heterocycles. The summed E-state index contributed by atoms with van der Waals surface area (Å²) in [6.07, 6.45) is 0.177. The maximum Gasteiger partial charge on any atom is 0.413 e. The highest BCUT2D eigenvalue weighted by molar-refractivity contribution is 6.35. The lowest BCUT2D eigenvalue weighted by atomic mass is 10.00. The third-order valence-corrected chi connectivity index (χ3v) is 9.10. The fourth-order valence-electron chi connectivity index (χ4n) is 6.00. The molecule has 2 saturated carbocycles. The SMILES string of the molecule is Cc1nc(F)ccc1[C@H](Nc1cc(Cl)c2ncc(C#N)c(N[C@@H](c3ccccc3)C3CC3)c2c1)c1cn(C2(C(F)(F)F)CC2)nn1. The number of benzene rings is 2. The Labute approximate surface area is 266 Å². The summed E-state index contributed by atoms with van der Waals surface area (Å²) in [7, 11) is 0. The van der Waals surface area contributed by atoms with E-state index in [4.69, 9.17) is 11.6 Å².